The Morgan fingerprint density at radius 2 is 2.33 bits per heavy atom. The van der Waals surface area contributed by atoms with Gasteiger partial charge in [-0.2, -0.15) is 4.98 Å². The van der Waals surface area contributed by atoms with Gasteiger partial charge in [-0.3, -0.25) is 9.78 Å². The molecule has 0 aliphatic carbocycles. The van der Waals surface area contributed by atoms with Crippen LogP contribution in [0.3, 0.4) is 0 Å². The van der Waals surface area contributed by atoms with Crippen LogP contribution >= 0.6 is 0 Å². The fourth-order valence-corrected chi connectivity index (χ4v) is 1.53. The summed E-state index contributed by atoms with van der Waals surface area (Å²) in [5.74, 6) is -0.104. The third kappa shape index (κ3) is 2.17. The molecule has 0 aromatic carbocycles. The number of aliphatic hydroxyl groups is 2. The summed E-state index contributed by atoms with van der Waals surface area (Å²) in [4.78, 5) is 21.4. The molecule has 0 amide bonds. The molecule has 2 rings (SSSR count). The van der Waals surface area contributed by atoms with E-state index in [9.17, 15) is 9.18 Å². The van der Waals surface area contributed by atoms with Gasteiger partial charge in [-0.25, -0.2) is 9.37 Å². The zero-order chi connectivity index (χ0) is 13.3. The minimum atomic E-state index is -1.70. The summed E-state index contributed by atoms with van der Waals surface area (Å²) >= 11 is 0. The van der Waals surface area contributed by atoms with Gasteiger partial charge in [-0.1, -0.05) is 0 Å². The third-order valence-electron chi connectivity index (χ3n) is 2.47. The number of aromatic nitrogens is 4. The molecule has 0 spiro atoms. The van der Waals surface area contributed by atoms with Crippen LogP contribution in [0.2, 0.25) is 0 Å². The number of anilines is 1. The smallest absolute Gasteiger partial charge is 0.280 e. The third-order valence-corrected chi connectivity index (χ3v) is 2.47. The Morgan fingerprint density at radius 3 is 3.00 bits per heavy atom. The van der Waals surface area contributed by atoms with E-state index in [1.807, 2.05) is 0 Å². The Hall–Kier alpha value is -2.00. The predicted octanol–water partition coefficient (Wildman–Crippen LogP) is -1.61. The number of H-pyrrole nitrogens is 1. The molecule has 0 bridgehead atoms. The number of nitrogens with two attached hydrogens (primary N) is 1. The monoisotopic (exact) mass is 257 g/mol. The Labute approximate surface area is 99.9 Å². The second-order valence-electron chi connectivity index (χ2n) is 3.79. The zero-order valence-corrected chi connectivity index (χ0v) is 9.25. The largest absolute Gasteiger partial charge is 0.394 e. The zero-order valence-electron chi connectivity index (χ0n) is 9.25. The van der Waals surface area contributed by atoms with Gasteiger partial charge in [0.15, 0.2) is 11.2 Å². The van der Waals surface area contributed by atoms with E-state index >= 15 is 0 Å². The highest BCUT2D eigenvalue weighted by Gasteiger charge is 2.20. The van der Waals surface area contributed by atoms with Crippen molar-refractivity contribution in [3.8, 4) is 0 Å². The van der Waals surface area contributed by atoms with Gasteiger partial charge in [0.2, 0.25) is 5.95 Å². The van der Waals surface area contributed by atoms with Crippen LogP contribution < -0.4 is 11.3 Å². The summed E-state index contributed by atoms with van der Waals surface area (Å²) in [6.45, 7) is -0.974. The second kappa shape index (κ2) is 4.70. The summed E-state index contributed by atoms with van der Waals surface area (Å²) in [5.41, 5.74) is 5.03. The molecule has 0 aliphatic rings. The van der Waals surface area contributed by atoms with Gasteiger partial charge in [0.1, 0.15) is 12.3 Å². The SMILES string of the molecule is Nc1nc2c(ncn2CC(F)C(O)CO)c(=O)[nH]1. The van der Waals surface area contributed by atoms with Crippen LogP contribution in [0, 0.1) is 0 Å². The van der Waals surface area contributed by atoms with E-state index in [4.69, 9.17) is 15.9 Å². The van der Waals surface area contributed by atoms with Crippen molar-refractivity contribution < 1.29 is 14.6 Å². The summed E-state index contributed by atoms with van der Waals surface area (Å²) in [7, 11) is 0. The summed E-state index contributed by atoms with van der Waals surface area (Å²) < 4.78 is 14.7. The highest BCUT2D eigenvalue weighted by atomic mass is 19.1. The van der Waals surface area contributed by atoms with Crippen LogP contribution in [0.5, 0.6) is 0 Å². The van der Waals surface area contributed by atoms with Crippen molar-refractivity contribution >= 4 is 17.1 Å². The number of alkyl halides is 1. The van der Waals surface area contributed by atoms with Gasteiger partial charge in [0.05, 0.1) is 19.5 Å². The van der Waals surface area contributed by atoms with Crippen molar-refractivity contribution in [3.05, 3.63) is 16.7 Å². The van der Waals surface area contributed by atoms with Crippen molar-refractivity contribution in [1.29, 1.82) is 0 Å². The van der Waals surface area contributed by atoms with Crippen molar-refractivity contribution in [1.82, 2.24) is 19.5 Å². The number of rotatable bonds is 4. The molecule has 2 unspecified atom stereocenters. The van der Waals surface area contributed by atoms with Gasteiger partial charge in [-0.15, -0.1) is 0 Å². The molecule has 98 valence electrons. The van der Waals surface area contributed by atoms with E-state index in [0.29, 0.717) is 0 Å². The molecule has 9 heteroatoms. The number of aromatic amines is 1. The number of hydrogen-bond donors (Lipinski definition) is 4. The van der Waals surface area contributed by atoms with Crippen LogP contribution in [0.4, 0.5) is 10.3 Å². The lowest BCUT2D eigenvalue weighted by Crippen LogP contribution is -2.29. The number of halogens is 1. The molecule has 0 radical (unpaired) electrons. The van der Waals surface area contributed by atoms with E-state index in [0.717, 1.165) is 0 Å². The van der Waals surface area contributed by atoms with Gasteiger partial charge in [0.25, 0.3) is 5.56 Å². The van der Waals surface area contributed by atoms with Crippen molar-refractivity contribution in [2.45, 2.75) is 18.8 Å². The average molecular weight is 257 g/mol. The average Bonchev–Trinajstić information content (AvgIpc) is 2.71. The van der Waals surface area contributed by atoms with Gasteiger partial charge in [0, 0.05) is 0 Å². The summed E-state index contributed by atoms with van der Waals surface area (Å²) in [6.07, 6.45) is -1.97. The molecule has 5 N–H and O–H groups in total. The van der Waals surface area contributed by atoms with Gasteiger partial charge >= 0.3 is 0 Å². The number of imidazole rings is 1. The molecule has 2 atom stereocenters. The van der Waals surface area contributed by atoms with E-state index < -0.39 is 24.4 Å². The van der Waals surface area contributed by atoms with Gasteiger partial charge in [-0.05, 0) is 0 Å². The molecule has 0 saturated heterocycles. The van der Waals surface area contributed by atoms with Crippen LogP contribution in [0.1, 0.15) is 0 Å². The molecule has 0 aliphatic heterocycles. The maximum Gasteiger partial charge on any atom is 0.280 e. The molecular weight excluding hydrogens is 245 g/mol. The normalized spacial score (nSPS) is 14.8. The first kappa shape index (κ1) is 12.5. The molecule has 2 aromatic rings. The fraction of sp³-hybridized carbons (Fsp3) is 0.444. The standard InChI is InChI=1S/C9H12FN5O3/c10-4(5(17)2-16)1-15-3-12-6-7(15)13-9(11)14-8(6)18/h3-5,16-17H,1-2H2,(H3,11,13,14,18). The van der Waals surface area contributed by atoms with Crippen molar-refractivity contribution in [2.75, 3.05) is 12.3 Å². The van der Waals surface area contributed by atoms with Crippen LogP contribution in [0.25, 0.3) is 11.2 Å². The fourth-order valence-electron chi connectivity index (χ4n) is 1.53. The molecular formula is C9H12FN5O3. The van der Waals surface area contributed by atoms with E-state index in [2.05, 4.69) is 15.0 Å². The number of nitrogens with zero attached hydrogens (tertiary/aromatic N) is 3. The van der Waals surface area contributed by atoms with Gasteiger partial charge < -0.3 is 20.5 Å². The highest BCUT2D eigenvalue weighted by molar-refractivity contribution is 5.70. The lowest BCUT2D eigenvalue weighted by molar-refractivity contribution is 0.0220. The van der Waals surface area contributed by atoms with Crippen molar-refractivity contribution in [3.63, 3.8) is 0 Å². The molecule has 0 saturated carbocycles. The first-order chi connectivity index (χ1) is 8.52. The lowest BCUT2D eigenvalue weighted by Gasteiger charge is -2.13. The summed E-state index contributed by atoms with van der Waals surface area (Å²) in [6, 6.07) is 0. The number of aliphatic hydroxyl groups excluding tert-OH is 2. The predicted molar refractivity (Wildman–Crippen MR) is 60.5 cm³/mol. The van der Waals surface area contributed by atoms with E-state index in [1.54, 1.807) is 0 Å². The number of nitrogen functional groups attached to an aromatic ring is 1. The molecule has 2 aromatic heterocycles. The summed E-state index contributed by atoms with van der Waals surface area (Å²) in [5, 5.41) is 17.8. The number of hydrogen-bond acceptors (Lipinski definition) is 6. The van der Waals surface area contributed by atoms with Crippen LogP contribution in [0.15, 0.2) is 11.1 Å². The minimum Gasteiger partial charge on any atom is -0.394 e. The van der Waals surface area contributed by atoms with Crippen molar-refractivity contribution in [2.24, 2.45) is 0 Å². The minimum absolute atomic E-state index is 0.0369. The molecule has 0 fully saturated rings. The maximum atomic E-state index is 13.5. The Bertz CT molecular complexity index is 610. The topological polar surface area (TPSA) is 130 Å². The molecule has 2 heterocycles. The molecule has 8 nitrogen and oxygen atoms in total. The highest BCUT2D eigenvalue weighted by Crippen LogP contribution is 2.10. The van der Waals surface area contributed by atoms with E-state index in [-0.39, 0.29) is 23.7 Å². The lowest BCUT2D eigenvalue weighted by atomic mass is 10.2. The number of nitrogens with one attached hydrogen (secondary N) is 1. The molecule has 18 heavy (non-hydrogen) atoms. The first-order valence-electron chi connectivity index (χ1n) is 5.16. The Morgan fingerprint density at radius 1 is 1.61 bits per heavy atom. The van der Waals surface area contributed by atoms with Crippen LogP contribution in [-0.4, -0.2) is 48.6 Å². The van der Waals surface area contributed by atoms with E-state index in [1.165, 1.54) is 10.9 Å². The first-order valence-corrected chi connectivity index (χ1v) is 5.16. The Kier molecular flexibility index (Phi) is 3.26. The van der Waals surface area contributed by atoms with Crippen LogP contribution in [-0.2, 0) is 6.54 Å². The quantitative estimate of drug-likeness (QED) is 0.521. The number of fused-ring (bicyclic) bond motifs is 1. The Balaban J connectivity index is 2.38. The maximum absolute atomic E-state index is 13.5. The second-order valence-corrected chi connectivity index (χ2v) is 3.79.